The first-order chi connectivity index (χ1) is 14.8. The van der Waals surface area contributed by atoms with Crippen LogP contribution in [0.4, 0.5) is 35.1 Å². The summed E-state index contributed by atoms with van der Waals surface area (Å²) in [5.74, 6) is -6.84. The molecule has 32 heavy (non-hydrogen) atoms. The molecule has 0 aromatic heterocycles. The average molecular weight is 491 g/mol. The van der Waals surface area contributed by atoms with Crippen molar-refractivity contribution in [1.29, 1.82) is 0 Å². The molecule has 176 valence electrons. The van der Waals surface area contributed by atoms with E-state index in [9.17, 15) is 35.1 Å². The number of hydrogen-bond donors (Lipinski definition) is 1. The van der Waals surface area contributed by atoms with Crippen LogP contribution in [0, 0.1) is 5.82 Å². The van der Waals surface area contributed by atoms with Crippen molar-refractivity contribution in [1.82, 2.24) is 5.43 Å². The van der Waals surface area contributed by atoms with E-state index in [-0.39, 0.29) is 35.3 Å². The number of nitrogens with one attached hydrogen (secondary N) is 1. The van der Waals surface area contributed by atoms with Gasteiger partial charge in [0.2, 0.25) is 0 Å². The maximum atomic E-state index is 13.3. The molecule has 1 N–H and O–H groups in total. The van der Waals surface area contributed by atoms with Crippen LogP contribution in [0.5, 0.6) is 11.5 Å². The summed E-state index contributed by atoms with van der Waals surface area (Å²) in [6, 6.07) is 2.10. The van der Waals surface area contributed by atoms with E-state index in [1.54, 1.807) is 13.0 Å². The smallest absolute Gasteiger partial charge is 0.462 e. The van der Waals surface area contributed by atoms with E-state index < -0.39 is 24.0 Å². The summed E-state index contributed by atoms with van der Waals surface area (Å²) in [6.07, 6.45) is -5.95. The number of benzene rings is 2. The summed E-state index contributed by atoms with van der Waals surface area (Å²) < 4.78 is 113. The fourth-order valence-corrected chi connectivity index (χ4v) is 2.56. The van der Waals surface area contributed by atoms with E-state index in [2.05, 4.69) is 5.10 Å². The Morgan fingerprint density at radius 2 is 1.72 bits per heavy atom. The lowest BCUT2D eigenvalue weighted by Crippen LogP contribution is -2.58. The highest BCUT2D eigenvalue weighted by molar-refractivity contribution is 6.32. The van der Waals surface area contributed by atoms with Gasteiger partial charge in [0.15, 0.2) is 11.5 Å². The first kappa shape index (κ1) is 25.5. The molecule has 0 bridgehead atoms. The van der Waals surface area contributed by atoms with E-state index in [4.69, 9.17) is 21.1 Å². The summed E-state index contributed by atoms with van der Waals surface area (Å²) in [7, 11) is 0. The van der Waals surface area contributed by atoms with Crippen molar-refractivity contribution in [2.45, 2.75) is 31.7 Å². The second kappa shape index (κ2) is 9.80. The highest BCUT2D eigenvalue weighted by atomic mass is 35.5. The summed E-state index contributed by atoms with van der Waals surface area (Å²) >= 11 is 6.09. The van der Waals surface area contributed by atoms with Crippen LogP contribution < -0.4 is 14.9 Å². The van der Waals surface area contributed by atoms with Gasteiger partial charge in [-0.3, -0.25) is 0 Å². The number of hydrazone groups is 1. The molecular formula is C19H15ClF8N2O2. The molecule has 0 heterocycles. The summed E-state index contributed by atoms with van der Waals surface area (Å²) in [5.41, 5.74) is 0.897. The Labute approximate surface area is 181 Å². The molecule has 2 aromatic carbocycles. The van der Waals surface area contributed by atoms with Crippen molar-refractivity contribution in [3.63, 3.8) is 0 Å². The highest BCUT2D eigenvalue weighted by Gasteiger charge is 2.73. The molecule has 2 aromatic rings. The number of alkyl halides is 7. The van der Waals surface area contributed by atoms with Crippen molar-refractivity contribution in [2.24, 2.45) is 5.10 Å². The first-order valence-corrected chi connectivity index (χ1v) is 9.12. The predicted molar refractivity (Wildman–Crippen MR) is 100 cm³/mol. The van der Waals surface area contributed by atoms with Gasteiger partial charge in [0.05, 0.1) is 17.8 Å². The summed E-state index contributed by atoms with van der Waals surface area (Å²) in [6.45, 7) is 1.61. The summed E-state index contributed by atoms with van der Waals surface area (Å²) in [5, 5.41) is 2.66. The summed E-state index contributed by atoms with van der Waals surface area (Å²) in [4.78, 5) is 0. The molecule has 0 unspecified atom stereocenters. The minimum atomic E-state index is -6.49. The van der Waals surface area contributed by atoms with Crippen LogP contribution in [-0.4, -0.2) is 31.0 Å². The van der Waals surface area contributed by atoms with E-state index in [1.807, 2.05) is 0 Å². The third-order valence-electron chi connectivity index (χ3n) is 3.77. The van der Waals surface area contributed by atoms with Gasteiger partial charge in [-0.05, 0) is 42.3 Å². The minimum Gasteiger partial charge on any atom is -0.490 e. The fraction of sp³-hybridized carbons (Fsp3) is 0.316. The Kier molecular flexibility index (Phi) is 7.81. The predicted octanol–water partition coefficient (Wildman–Crippen LogP) is 6.17. The largest absolute Gasteiger partial charge is 0.490 e. The number of rotatable bonds is 9. The lowest BCUT2D eigenvalue weighted by Gasteiger charge is -2.27. The molecule has 0 fully saturated rings. The zero-order valence-corrected chi connectivity index (χ0v) is 16.9. The van der Waals surface area contributed by atoms with Crippen LogP contribution in [0.1, 0.15) is 18.1 Å². The Bertz CT molecular complexity index is 967. The van der Waals surface area contributed by atoms with Crippen molar-refractivity contribution in [3.05, 3.63) is 58.4 Å². The van der Waals surface area contributed by atoms with Crippen molar-refractivity contribution >= 4 is 17.8 Å². The number of halogens is 9. The standard InChI is InChI=1S/C19H15ClF8N2O2/c1-2-31-15-8-12(9-29-30-19(27,28)17(22,23)18(24,25)26)7-14(20)16(15)32-10-11-4-3-5-13(21)6-11/h3-9,30H,2,10H2,1H3/b29-9+. The number of nitrogens with zero attached hydrogens (tertiary/aromatic N) is 1. The zero-order valence-electron chi connectivity index (χ0n) is 16.1. The average Bonchev–Trinajstić information content (AvgIpc) is 2.66. The van der Waals surface area contributed by atoms with E-state index >= 15 is 0 Å². The zero-order chi connectivity index (χ0) is 24.2. The van der Waals surface area contributed by atoms with Crippen LogP contribution >= 0.6 is 11.6 Å². The molecule has 0 atom stereocenters. The van der Waals surface area contributed by atoms with Gasteiger partial charge in [0.25, 0.3) is 0 Å². The van der Waals surface area contributed by atoms with Gasteiger partial charge in [0.1, 0.15) is 12.4 Å². The first-order valence-electron chi connectivity index (χ1n) is 8.74. The third kappa shape index (κ3) is 5.93. The van der Waals surface area contributed by atoms with Crippen molar-refractivity contribution < 1.29 is 44.6 Å². The Morgan fingerprint density at radius 1 is 1.03 bits per heavy atom. The maximum Gasteiger partial charge on any atom is 0.462 e. The van der Waals surface area contributed by atoms with Gasteiger partial charge in [0, 0.05) is 0 Å². The molecular weight excluding hydrogens is 476 g/mol. The molecule has 0 radical (unpaired) electrons. The lowest BCUT2D eigenvalue weighted by molar-refractivity contribution is -0.361. The second-order valence-corrected chi connectivity index (χ2v) is 6.61. The van der Waals surface area contributed by atoms with Crippen LogP contribution in [0.25, 0.3) is 0 Å². The minimum absolute atomic E-state index is 0.00485. The Morgan fingerprint density at radius 3 is 2.31 bits per heavy atom. The van der Waals surface area contributed by atoms with Gasteiger partial charge in [-0.1, -0.05) is 23.7 Å². The van der Waals surface area contributed by atoms with E-state index in [0.29, 0.717) is 17.2 Å². The SMILES string of the molecule is CCOc1cc(/C=N/NC(F)(F)C(F)(F)C(F)(F)F)cc(Cl)c1OCc1cccc(F)c1. The van der Waals surface area contributed by atoms with Gasteiger partial charge in [-0.25, -0.2) is 9.82 Å². The highest BCUT2D eigenvalue weighted by Crippen LogP contribution is 2.45. The molecule has 0 aliphatic carbocycles. The second-order valence-electron chi connectivity index (χ2n) is 6.20. The van der Waals surface area contributed by atoms with Gasteiger partial charge >= 0.3 is 18.1 Å². The Balaban J connectivity index is 2.21. The van der Waals surface area contributed by atoms with Gasteiger partial charge < -0.3 is 9.47 Å². The molecule has 4 nitrogen and oxygen atoms in total. The normalized spacial score (nSPS) is 12.8. The van der Waals surface area contributed by atoms with Crippen LogP contribution in [0.15, 0.2) is 41.5 Å². The molecule has 0 amide bonds. The van der Waals surface area contributed by atoms with Gasteiger partial charge in [-0.15, -0.1) is 0 Å². The molecule has 13 heteroatoms. The van der Waals surface area contributed by atoms with Gasteiger partial charge in [-0.2, -0.15) is 35.8 Å². The number of hydrogen-bond acceptors (Lipinski definition) is 4. The van der Waals surface area contributed by atoms with Crippen LogP contribution in [-0.2, 0) is 6.61 Å². The monoisotopic (exact) mass is 490 g/mol. The maximum absolute atomic E-state index is 13.3. The van der Waals surface area contributed by atoms with E-state index in [1.165, 1.54) is 24.3 Å². The molecule has 0 saturated carbocycles. The molecule has 2 rings (SSSR count). The number of ether oxygens (including phenoxy) is 2. The third-order valence-corrected chi connectivity index (χ3v) is 4.05. The molecule has 0 aliphatic rings. The fourth-order valence-electron chi connectivity index (χ4n) is 2.28. The Hall–Kier alpha value is -2.76. The van der Waals surface area contributed by atoms with Crippen molar-refractivity contribution in [3.8, 4) is 11.5 Å². The quantitative estimate of drug-likeness (QED) is 0.198. The topological polar surface area (TPSA) is 42.8 Å². The molecule has 0 spiro atoms. The van der Waals surface area contributed by atoms with Crippen LogP contribution in [0.3, 0.4) is 0 Å². The molecule has 0 aliphatic heterocycles. The molecule has 0 saturated heterocycles. The van der Waals surface area contributed by atoms with Crippen molar-refractivity contribution in [2.75, 3.05) is 6.61 Å². The van der Waals surface area contributed by atoms with E-state index in [0.717, 1.165) is 6.07 Å². The van der Waals surface area contributed by atoms with Crippen LogP contribution in [0.2, 0.25) is 5.02 Å². The lowest BCUT2D eigenvalue weighted by atomic mass is 10.2.